The smallest absolute Gasteiger partial charge is 0.220 e. The lowest BCUT2D eigenvalue weighted by Gasteiger charge is -2.09. The second kappa shape index (κ2) is 5.14. The van der Waals surface area contributed by atoms with E-state index in [2.05, 4.69) is 5.32 Å². The first-order chi connectivity index (χ1) is 5.83. The molecule has 70 valence electrons. The summed E-state index contributed by atoms with van der Waals surface area (Å²) in [6.45, 7) is 3.55. The van der Waals surface area contributed by atoms with Crippen LogP contribution in [-0.4, -0.2) is 25.2 Å². The Morgan fingerprint density at radius 1 is 1.67 bits per heavy atom. The summed E-state index contributed by atoms with van der Waals surface area (Å²) in [5.41, 5.74) is 0. The molecule has 1 aliphatic rings. The minimum Gasteiger partial charge on any atom is -0.376 e. The Morgan fingerprint density at radius 2 is 2.50 bits per heavy atom. The van der Waals surface area contributed by atoms with Crippen molar-refractivity contribution in [3.05, 3.63) is 0 Å². The van der Waals surface area contributed by atoms with E-state index in [4.69, 9.17) is 4.74 Å². The van der Waals surface area contributed by atoms with E-state index < -0.39 is 0 Å². The van der Waals surface area contributed by atoms with E-state index in [0.717, 1.165) is 25.9 Å². The van der Waals surface area contributed by atoms with E-state index in [1.165, 1.54) is 0 Å². The molecule has 1 saturated heterocycles. The van der Waals surface area contributed by atoms with Crippen molar-refractivity contribution in [1.29, 1.82) is 0 Å². The third kappa shape index (κ3) is 3.22. The minimum absolute atomic E-state index is 0.146. The van der Waals surface area contributed by atoms with Crippen molar-refractivity contribution in [2.75, 3.05) is 13.2 Å². The fraction of sp³-hybridized carbons (Fsp3) is 0.889. The van der Waals surface area contributed by atoms with Gasteiger partial charge in [0, 0.05) is 19.6 Å². The van der Waals surface area contributed by atoms with Crippen molar-refractivity contribution in [2.24, 2.45) is 0 Å². The highest BCUT2D eigenvalue weighted by Gasteiger charge is 2.15. The molecule has 12 heavy (non-hydrogen) atoms. The molecule has 1 N–H and O–H groups in total. The zero-order valence-corrected chi connectivity index (χ0v) is 7.64. The number of hydrogen-bond acceptors (Lipinski definition) is 2. The number of hydrogen-bond donors (Lipinski definition) is 1. The van der Waals surface area contributed by atoms with Gasteiger partial charge in [-0.3, -0.25) is 4.79 Å². The number of carbonyl (C=O) groups is 1. The van der Waals surface area contributed by atoms with Crippen LogP contribution in [-0.2, 0) is 9.53 Å². The van der Waals surface area contributed by atoms with Gasteiger partial charge in [-0.1, -0.05) is 6.92 Å². The number of rotatable bonds is 4. The second-order valence-electron chi connectivity index (χ2n) is 3.19. The zero-order chi connectivity index (χ0) is 8.81. The Bertz CT molecular complexity index is 141. The fourth-order valence-corrected chi connectivity index (χ4v) is 1.35. The summed E-state index contributed by atoms with van der Waals surface area (Å²) in [4.78, 5) is 11.0. The highest BCUT2D eigenvalue weighted by atomic mass is 16.5. The SMILES string of the molecule is CCCC(=O)NC[C@H]1CCCO1. The number of ether oxygens (including phenoxy) is 1. The molecule has 0 bridgehead atoms. The summed E-state index contributed by atoms with van der Waals surface area (Å²) in [7, 11) is 0. The first kappa shape index (κ1) is 9.52. The molecule has 0 aromatic rings. The predicted octanol–water partition coefficient (Wildman–Crippen LogP) is 1.08. The maximum absolute atomic E-state index is 11.0. The Hall–Kier alpha value is -0.570. The maximum atomic E-state index is 11.0. The lowest BCUT2D eigenvalue weighted by Crippen LogP contribution is -2.31. The first-order valence-electron chi connectivity index (χ1n) is 4.71. The highest BCUT2D eigenvalue weighted by Crippen LogP contribution is 2.10. The zero-order valence-electron chi connectivity index (χ0n) is 7.64. The summed E-state index contributed by atoms with van der Waals surface area (Å²) in [5, 5.41) is 2.86. The summed E-state index contributed by atoms with van der Waals surface area (Å²) in [6, 6.07) is 0. The Balaban J connectivity index is 2.03. The first-order valence-corrected chi connectivity index (χ1v) is 4.71. The molecule has 0 aromatic heterocycles. The van der Waals surface area contributed by atoms with Gasteiger partial charge in [0.15, 0.2) is 0 Å². The molecule has 1 amide bonds. The van der Waals surface area contributed by atoms with Crippen LogP contribution in [0.1, 0.15) is 32.6 Å². The number of amides is 1. The van der Waals surface area contributed by atoms with Crippen LogP contribution in [0.5, 0.6) is 0 Å². The van der Waals surface area contributed by atoms with Gasteiger partial charge in [-0.25, -0.2) is 0 Å². The second-order valence-corrected chi connectivity index (χ2v) is 3.19. The standard InChI is InChI=1S/C9H17NO2/c1-2-4-9(11)10-7-8-5-3-6-12-8/h8H,2-7H2,1H3,(H,10,11)/t8-/m1/s1. The van der Waals surface area contributed by atoms with E-state index in [1.807, 2.05) is 6.92 Å². The third-order valence-electron chi connectivity index (χ3n) is 2.03. The average molecular weight is 171 g/mol. The highest BCUT2D eigenvalue weighted by molar-refractivity contribution is 5.75. The quantitative estimate of drug-likeness (QED) is 0.687. The van der Waals surface area contributed by atoms with Crippen molar-refractivity contribution in [3.63, 3.8) is 0 Å². The summed E-state index contributed by atoms with van der Waals surface area (Å²) in [5.74, 6) is 0.146. The predicted molar refractivity (Wildman–Crippen MR) is 46.9 cm³/mol. The largest absolute Gasteiger partial charge is 0.376 e. The van der Waals surface area contributed by atoms with Gasteiger partial charge in [-0.15, -0.1) is 0 Å². The lowest BCUT2D eigenvalue weighted by atomic mass is 10.2. The van der Waals surface area contributed by atoms with Crippen molar-refractivity contribution < 1.29 is 9.53 Å². The van der Waals surface area contributed by atoms with Crippen LogP contribution in [0.3, 0.4) is 0 Å². The van der Waals surface area contributed by atoms with E-state index >= 15 is 0 Å². The van der Waals surface area contributed by atoms with Gasteiger partial charge in [-0.2, -0.15) is 0 Å². The third-order valence-corrected chi connectivity index (χ3v) is 2.03. The lowest BCUT2D eigenvalue weighted by molar-refractivity contribution is -0.121. The van der Waals surface area contributed by atoms with Gasteiger partial charge in [0.1, 0.15) is 0 Å². The molecule has 1 aliphatic heterocycles. The van der Waals surface area contributed by atoms with Gasteiger partial charge in [-0.05, 0) is 19.3 Å². The van der Waals surface area contributed by atoms with E-state index in [-0.39, 0.29) is 12.0 Å². The topological polar surface area (TPSA) is 38.3 Å². The van der Waals surface area contributed by atoms with E-state index in [0.29, 0.717) is 13.0 Å². The fourth-order valence-electron chi connectivity index (χ4n) is 1.35. The normalized spacial score (nSPS) is 22.6. The monoisotopic (exact) mass is 171 g/mol. The van der Waals surface area contributed by atoms with Crippen LogP contribution in [0.4, 0.5) is 0 Å². The molecular weight excluding hydrogens is 154 g/mol. The summed E-state index contributed by atoms with van der Waals surface area (Å²) < 4.78 is 5.37. The summed E-state index contributed by atoms with van der Waals surface area (Å²) >= 11 is 0. The molecule has 0 saturated carbocycles. The molecular formula is C9H17NO2. The number of carbonyl (C=O) groups excluding carboxylic acids is 1. The van der Waals surface area contributed by atoms with Crippen LogP contribution >= 0.6 is 0 Å². The summed E-state index contributed by atoms with van der Waals surface area (Å²) in [6.07, 6.45) is 4.04. The van der Waals surface area contributed by atoms with Crippen molar-refractivity contribution in [1.82, 2.24) is 5.32 Å². The van der Waals surface area contributed by atoms with Gasteiger partial charge in [0.05, 0.1) is 6.10 Å². The molecule has 3 heteroatoms. The molecule has 1 fully saturated rings. The van der Waals surface area contributed by atoms with Crippen molar-refractivity contribution in [3.8, 4) is 0 Å². The molecule has 1 atom stereocenters. The van der Waals surface area contributed by atoms with Gasteiger partial charge in [0.25, 0.3) is 0 Å². The van der Waals surface area contributed by atoms with Crippen LogP contribution in [0.2, 0.25) is 0 Å². The van der Waals surface area contributed by atoms with Gasteiger partial charge >= 0.3 is 0 Å². The molecule has 0 aromatic carbocycles. The Kier molecular flexibility index (Phi) is 4.08. The van der Waals surface area contributed by atoms with E-state index in [9.17, 15) is 4.79 Å². The minimum atomic E-state index is 0.146. The van der Waals surface area contributed by atoms with Crippen LogP contribution in [0, 0.1) is 0 Å². The molecule has 1 rings (SSSR count). The maximum Gasteiger partial charge on any atom is 0.220 e. The van der Waals surface area contributed by atoms with Crippen molar-refractivity contribution >= 4 is 5.91 Å². The van der Waals surface area contributed by atoms with Gasteiger partial charge in [0.2, 0.25) is 5.91 Å². The molecule has 0 spiro atoms. The molecule has 0 aliphatic carbocycles. The molecule has 3 nitrogen and oxygen atoms in total. The number of nitrogens with one attached hydrogen (secondary N) is 1. The van der Waals surface area contributed by atoms with Crippen LogP contribution in [0.25, 0.3) is 0 Å². The van der Waals surface area contributed by atoms with Crippen LogP contribution in [0.15, 0.2) is 0 Å². The van der Waals surface area contributed by atoms with E-state index in [1.54, 1.807) is 0 Å². The molecule has 0 radical (unpaired) electrons. The average Bonchev–Trinajstić information content (AvgIpc) is 2.53. The Morgan fingerprint density at radius 3 is 3.08 bits per heavy atom. The molecule has 1 heterocycles. The van der Waals surface area contributed by atoms with Crippen LogP contribution < -0.4 is 5.32 Å². The van der Waals surface area contributed by atoms with Gasteiger partial charge < -0.3 is 10.1 Å². The Labute approximate surface area is 73.5 Å². The molecule has 0 unspecified atom stereocenters. The van der Waals surface area contributed by atoms with Crippen molar-refractivity contribution in [2.45, 2.75) is 38.7 Å².